The van der Waals surface area contributed by atoms with Gasteiger partial charge in [0.2, 0.25) is 0 Å². The van der Waals surface area contributed by atoms with Crippen molar-refractivity contribution in [3.63, 3.8) is 0 Å². The number of nitrogens with two attached hydrogens (primary N) is 1. The van der Waals surface area contributed by atoms with E-state index in [0.29, 0.717) is 11.6 Å². The van der Waals surface area contributed by atoms with Crippen LogP contribution in [-0.4, -0.2) is 16.6 Å². The van der Waals surface area contributed by atoms with Crippen LogP contribution in [0.1, 0.15) is 11.4 Å². The number of nitrogens with zero attached hydrogens (tertiary/aromatic N) is 3. The Morgan fingerprint density at radius 2 is 2.22 bits per heavy atom. The molecule has 1 aromatic carbocycles. The first-order chi connectivity index (χ1) is 8.61. The summed E-state index contributed by atoms with van der Waals surface area (Å²) in [4.78, 5) is 6.44. The molecule has 2 rings (SSSR count). The van der Waals surface area contributed by atoms with E-state index in [2.05, 4.69) is 9.88 Å². The summed E-state index contributed by atoms with van der Waals surface area (Å²) in [7, 11) is 4.01. The molecule has 0 aliphatic carbocycles. The molecule has 0 fully saturated rings. The molecule has 0 saturated heterocycles. The minimum Gasteiger partial charge on any atom is -0.367 e. The minimum atomic E-state index is 0.473. The van der Waals surface area contributed by atoms with E-state index in [1.165, 1.54) is 0 Å². The van der Waals surface area contributed by atoms with Crippen LogP contribution in [0, 0.1) is 0 Å². The fraction of sp³-hybridized carbons (Fsp3) is 0.308. The first-order valence-electron chi connectivity index (χ1n) is 5.77. The summed E-state index contributed by atoms with van der Waals surface area (Å²) in [6, 6.07) is 5.78. The smallest absolute Gasteiger partial charge is 0.127 e. The third kappa shape index (κ3) is 2.66. The molecule has 2 aromatic rings. The molecule has 0 radical (unpaired) electrons. The van der Waals surface area contributed by atoms with E-state index in [4.69, 9.17) is 17.3 Å². The van der Waals surface area contributed by atoms with Crippen molar-refractivity contribution in [2.75, 3.05) is 11.9 Å². The predicted molar refractivity (Wildman–Crippen MR) is 74.7 cm³/mol. The summed E-state index contributed by atoms with van der Waals surface area (Å²) >= 11 is 5.98. The lowest BCUT2D eigenvalue weighted by Crippen LogP contribution is -2.21. The molecule has 0 unspecified atom stereocenters. The quantitative estimate of drug-likeness (QED) is 0.921. The second kappa shape index (κ2) is 5.42. The molecule has 0 amide bonds. The van der Waals surface area contributed by atoms with E-state index in [9.17, 15) is 0 Å². The summed E-state index contributed by atoms with van der Waals surface area (Å²) in [5.74, 6) is 1.01. The van der Waals surface area contributed by atoms with Crippen molar-refractivity contribution in [2.45, 2.75) is 13.1 Å². The molecule has 0 bridgehead atoms. The molecule has 0 atom stereocenters. The number of hydrogen-bond acceptors (Lipinski definition) is 3. The van der Waals surface area contributed by atoms with Crippen LogP contribution in [0.25, 0.3) is 0 Å². The lowest BCUT2D eigenvalue weighted by Gasteiger charge is -2.22. The van der Waals surface area contributed by atoms with E-state index in [-0.39, 0.29) is 0 Å². The molecule has 0 spiro atoms. The Morgan fingerprint density at radius 3 is 2.83 bits per heavy atom. The Morgan fingerprint density at radius 1 is 1.44 bits per heavy atom. The van der Waals surface area contributed by atoms with Crippen LogP contribution in [0.3, 0.4) is 0 Å². The van der Waals surface area contributed by atoms with Crippen LogP contribution < -0.4 is 10.6 Å². The first-order valence-corrected chi connectivity index (χ1v) is 6.15. The average Bonchev–Trinajstić information content (AvgIpc) is 2.74. The summed E-state index contributed by atoms with van der Waals surface area (Å²) in [6.45, 7) is 1.21. The van der Waals surface area contributed by atoms with Gasteiger partial charge in [-0.05, 0) is 23.8 Å². The van der Waals surface area contributed by atoms with Gasteiger partial charge in [0.15, 0.2) is 0 Å². The van der Waals surface area contributed by atoms with Crippen LogP contribution in [0.4, 0.5) is 5.69 Å². The SMILES string of the molecule is CN(Cc1nccn1C)c1ccc(Cl)cc1CN. The topological polar surface area (TPSA) is 47.1 Å². The molecular weight excluding hydrogens is 248 g/mol. The maximum atomic E-state index is 5.98. The Kier molecular flexibility index (Phi) is 3.89. The van der Waals surface area contributed by atoms with Gasteiger partial charge in [0.1, 0.15) is 5.82 Å². The van der Waals surface area contributed by atoms with Gasteiger partial charge in [-0.15, -0.1) is 0 Å². The van der Waals surface area contributed by atoms with Crippen molar-refractivity contribution < 1.29 is 0 Å². The largest absolute Gasteiger partial charge is 0.367 e. The lowest BCUT2D eigenvalue weighted by molar-refractivity contribution is 0.759. The van der Waals surface area contributed by atoms with E-state index in [1.807, 2.05) is 43.1 Å². The van der Waals surface area contributed by atoms with E-state index < -0.39 is 0 Å². The van der Waals surface area contributed by atoms with E-state index in [0.717, 1.165) is 23.6 Å². The molecule has 18 heavy (non-hydrogen) atoms. The monoisotopic (exact) mass is 264 g/mol. The van der Waals surface area contributed by atoms with Crippen molar-refractivity contribution in [3.8, 4) is 0 Å². The van der Waals surface area contributed by atoms with Crippen LogP contribution in [0.5, 0.6) is 0 Å². The zero-order valence-electron chi connectivity index (χ0n) is 10.6. The molecule has 5 heteroatoms. The van der Waals surface area contributed by atoms with Gasteiger partial charge in [0.25, 0.3) is 0 Å². The van der Waals surface area contributed by atoms with Crippen LogP contribution in [0.15, 0.2) is 30.6 Å². The molecule has 0 aliphatic rings. The number of imidazole rings is 1. The maximum absolute atomic E-state index is 5.98. The van der Waals surface area contributed by atoms with Crippen molar-refractivity contribution in [1.82, 2.24) is 9.55 Å². The second-order valence-corrected chi connectivity index (χ2v) is 4.72. The van der Waals surface area contributed by atoms with Crippen molar-refractivity contribution in [1.29, 1.82) is 0 Å². The number of halogens is 1. The Bertz CT molecular complexity index is 536. The van der Waals surface area contributed by atoms with Crippen molar-refractivity contribution in [2.24, 2.45) is 12.8 Å². The summed E-state index contributed by atoms with van der Waals surface area (Å²) in [5.41, 5.74) is 7.88. The third-order valence-corrected chi connectivity index (χ3v) is 3.21. The Balaban J connectivity index is 2.23. The molecule has 0 aliphatic heterocycles. The lowest BCUT2D eigenvalue weighted by atomic mass is 10.1. The average molecular weight is 265 g/mol. The second-order valence-electron chi connectivity index (χ2n) is 4.29. The molecule has 1 aromatic heterocycles. The van der Waals surface area contributed by atoms with Crippen LogP contribution in [0.2, 0.25) is 5.02 Å². The fourth-order valence-electron chi connectivity index (χ4n) is 1.94. The van der Waals surface area contributed by atoms with Gasteiger partial charge in [0.05, 0.1) is 6.54 Å². The van der Waals surface area contributed by atoms with Gasteiger partial charge in [-0.2, -0.15) is 0 Å². The number of aryl methyl sites for hydroxylation is 1. The number of hydrogen-bond donors (Lipinski definition) is 1. The first kappa shape index (κ1) is 12.9. The van der Waals surface area contributed by atoms with Gasteiger partial charge < -0.3 is 15.2 Å². The van der Waals surface area contributed by atoms with E-state index >= 15 is 0 Å². The molecular formula is C13H17ClN4. The zero-order valence-corrected chi connectivity index (χ0v) is 11.4. The van der Waals surface area contributed by atoms with Crippen molar-refractivity contribution >= 4 is 17.3 Å². The Labute approximate surface area is 112 Å². The Hall–Kier alpha value is -1.52. The van der Waals surface area contributed by atoms with Crippen molar-refractivity contribution in [3.05, 3.63) is 47.0 Å². The molecule has 1 heterocycles. The number of benzene rings is 1. The standard InChI is InChI=1S/C13H17ClN4/c1-17-6-5-16-13(17)9-18(2)12-4-3-11(14)7-10(12)8-15/h3-7H,8-9,15H2,1-2H3. The number of aromatic nitrogens is 2. The zero-order chi connectivity index (χ0) is 13.1. The molecule has 96 valence electrons. The predicted octanol–water partition coefficient (Wildman–Crippen LogP) is 2.17. The van der Waals surface area contributed by atoms with Gasteiger partial charge in [-0.3, -0.25) is 0 Å². The van der Waals surface area contributed by atoms with Gasteiger partial charge >= 0.3 is 0 Å². The summed E-state index contributed by atoms with van der Waals surface area (Å²) in [6.07, 6.45) is 3.74. The highest BCUT2D eigenvalue weighted by molar-refractivity contribution is 6.30. The summed E-state index contributed by atoms with van der Waals surface area (Å²) in [5, 5.41) is 0.713. The normalized spacial score (nSPS) is 10.7. The number of rotatable bonds is 4. The summed E-state index contributed by atoms with van der Waals surface area (Å²) < 4.78 is 2.01. The maximum Gasteiger partial charge on any atom is 0.127 e. The fourth-order valence-corrected chi connectivity index (χ4v) is 2.13. The van der Waals surface area contributed by atoms with Gasteiger partial charge in [-0.1, -0.05) is 11.6 Å². The van der Waals surface area contributed by atoms with Crippen LogP contribution in [-0.2, 0) is 20.1 Å². The minimum absolute atomic E-state index is 0.473. The van der Waals surface area contributed by atoms with Gasteiger partial charge in [0, 0.05) is 43.7 Å². The molecule has 0 saturated carbocycles. The number of anilines is 1. The third-order valence-electron chi connectivity index (χ3n) is 2.97. The highest BCUT2D eigenvalue weighted by atomic mass is 35.5. The highest BCUT2D eigenvalue weighted by Gasteiger charge is 2.09. The van der Waals surface area contributed by atoms with Crippen LogP contribution >= 0.6 is 11.6 Å². The van der Waals surface area contributed by atoms with Gasteiger partial charge in [-0.25, -0.2) is 4.98 Å². The van der Waals surface area contributed by atoms with E-state index in [1.54, 1.807) is 6.20 Å². The molecule has 4 nitrogen and oxygen atoms in total. The molecule has 2 N–H and O–H groups in total. The highest BCUT2D eigenvalue weighted by Crippen LogP contribution is 2.24.